The Morgan fingerprint density at radius 2 is 2.00 bits per heavy atom. The van der Waals surface area contributed by atoms with Crippen LogP contribution in [0.15, 0.2) is 41.3 Å². The lowest BCUT2D eigenvalue weighted by Crippen LogP contribution is -2.73. The standard InChI is InChI=1S/C19H16Cl2FN3O5S/c20-13-2-4-17(15(21)5-13)31(28,29)25-9-19(10-25,24-18(27)8-26)11-30-14-3-1-12(7-23)16(22)6-14/h1-6,26H,8-11H2,(H,24,27). The van der Waals surface area contributed by atoms with Crippen molar-refractivity contribution in [3.8, 4) is 11.8 Å². The van der Waals surface area contributed by atoms with Gasteiger partial charge in [-0.05, 0) is 30.3 Å². The van der Waals surface area contributed by atoms with Gasteiger partial charge in [-0.15, -0.1) is 0 Å². The van der Waals surface area contributed by atoms with Crippen molar-refractivity contribution in [1.29, 1.82) is 5.26 Å². The molecule has 8 nitrogen and oxygen atoms in total. The van der Waals surface area contributed by atoms with Crippen LogP contribution in [0, 0.1) is 17.1 Å². The lowest BCUT2D eigenvalue weighted by molar-refractivity contribution is -0.128. The molecule has 0 saturated carbocycles. The summed E-state index contributed by atoms with van der Waals surface area (Å²) in [6, 6.07) is 9.30. The van der Waals surface area contributed by atoms with E-state index in [-0.39, 0.29) is 46.0 Å². The number of sulfonamides is 1. The van der Waals surface area contributed by atoms with Crippen LogP contribution in [0.4, 0.5) is 4.39 Å². The highest BCUT2D eigenvalue weighted by molar-refractivity contribution is 7.89. The van der Waals surface area contributed by atoms with Gasteiger partial charge in [-0.2, -0.15) is 9.57 Å². The lowest BCUT2D eigenvalue weighted by atomic mass is 9.93. The predicted octanol–water partition coefficient (Wildman–Crippen LogP) is 1.93. The number of rotatable bonds is 7. The Morgan fingerprint density at radius 3 is 2.58 bits per heavy atom. The number of hydrogen-bond donors (Lipinski definition) is 2. The van der Waals surface area contributed by atoms with Crippen molar-refractivity contribution in [3.63, 3.8) is 0 Å². The fourth-order valence-corrected chi connectivity index (χ4v) is 5.42. The van der Waals surface area contributed by atoms with Crippen molar-refractivity contribution in [2.75, 3.05) is 26.3 Å². The van der Waals surface area contributed by atoms with E-state index >= 15 is 0 Å². The van der Waals surface area contributed by atoms with Gasteiger partial charge in [0.2, 0.25) is 15.9 Å². The number of carbonyl (C=O) groups is 1. The molecule has 164 valence electrons. The topological polar surface area (TPSA) is 120 Å². The number of halogens is 3. The van der Waals surface area contributed by atoms with Gasteiger partial charge in [-0.1, -0.05) is 23.2 Å². The van der Waals surface area contributed by atoms with Crippen LogP contribution < -0.4 is 10.1 Å². The molecule has 12 heteroatoms. The fourth-order valence-electron chi connectivity index (χ4n) is 3.06. The first-order valence-electron chi connectivity index (χ1n) is 8.80. The molecular weight excluding hydrogens is 472 g/mol. The molecule has 31 heavy (non-hydrogen) atoms. The molecule has 1 amide bonds. The third-order valence-electron chi connectivity index (χ3n) is 4.59. The maximum absolute atomic E-state index is 13.8. The van der Waals surface area contributed by atoms with E-state index in [9.17, 15) is 17.6 Å². The summed E-state index contributed by atoms with van der Waals surface area (Å²) >= 11 is 11.8. The monoisotopic (exact) mass is 487 g/mol. The molecule has 0 spiro atoms. The second kappa shape index (κ2) is 8.98. The molecule has 2 aromatic carbocycles. The van der Waals surface area contributed by atoms with E-state index in [1.807, 2.05) is 0 Å². The van der Waals surface area contributed by atoms with Gasteiger partial charge in [0.05, 0.1) is 10.6 Å². The van der Waals surface area contributed by atoms with E-state index < -0.39 is 33.9 Å². The molecular formula is C19H16Cl2FN3O5S. The number of hydrogen-bond acceptors (Lipinski definition) is 6. The van der Waals surface area contributed by atoms with Crippen LogP contribution in [0.5, 0.6) is 5.75 Å². The quantitative estimate of drug-likeness (QED) is 0.615. The van der Waals surface area contributed by atoms with Crippen molar-refractivity contribution < 1.29 is 27.4 Å². The number of nitriles is 1. The number of ether oxygens (including phenoxy) is 1. The highest BCUT2D eigenvalue weighted by atomic mass is 35.5. The number of aliphatic hydroxyl groups is 1. The summed E-state index contributed by atoms with van der Waals surface area (Å²) < 4.78 is 46.2. The molecule has 2 aromatic rings. The van der Waals surface area contributed by atoms with Gasteiger partial charge in [0.15, 0.2) is 0 Å². The molecule has 2 N–H and O–H groups in total. The summed E-state index contributed by atoms with van der Waals surface area (Å²) in [7, 11) is -3.98. The minimum Gasteiger partial charge on any atom is -0.491 e. The number of aliphatic hydroxyl groups excluding tert-OH is 1. The summed E-state index contributed by atoms with van der Waals surface area (Å²) in [4.78, 5) is 11.6. The van der Waals surface area contributed by atoms with Crippen LogP contribution in [0.1, 0.15) is 5.56 Å². The van der Waals surface area contributed by atoms with E-state index in [2.05, 4.69) is 5.32 Å². The second-order valence-corrected chi connectivity index (χ2v) is 9.63. The Kier molecular flexibility index (Phi) is 6.73. The van der Waals surface area contributed by atoms with E-state index in [1.54, 1.807) is 6.07 Å². The summed E-state index contributed by atoms with van der Waals surface area (Å²) in [6.07, 6.45) is 0. The average molecular weight is 488 g/mol. The van der Waals surface area contributed by atoms with Crippen LogP contribution in [-0.4, -0.2) is 55.6 Å². The van der Waals surface area contributed by atoms with Crippen molar-refractivity contribution in [2.24, 2.45) is 0 Å². The Hall–Kier alpha value is -2.42. The zero-order valence-corrected chi connectivity index (χ0v) is 18.1. The SMILES string of the molecule is N#Cc1ccc(OCC2(NC(=O)CO)CN(S(=O)(=O)c3ccc(Cl)cc3Cl)C2)cc1F. The van der Waals surface area contributed by atoms with Crippen LogP contribution in [0.25, 0.3) is 0 Å². The molecule has 1 saturated heterocycles. The Bertz CT molecular complexity index is 1160. The summed E-state index contributed by atoms with van der Waals surface area (Å²) in [5.41, 5.74) is -1.31. The molecule has 1 heterocycles. The van der Waals surface area contributed by atoms with Crippen LogP contribution in [-0.2, 0) is 14.8 Å². The first-order chi connectivity index (χ1) is 14.6. The Labute approximate surface area is 187 Å². The van der Waals surface area contributed by atoms with Crippen molar-refractivity contribution in [1.82, 2.24) is 9.62 Å². The first kappa shape index (κ1) is 23.2. The van der Waals surface area contributed by atoms with E-state index in [0.717, 1.165) is 10.4 Å². The van der Waals surface area contributed by atoms with Gasteiger partial charge in [0, 0.05) is 24.2 Å². The summed E-state index contributed by atoms with van der Waals surface area (Å²) in [5.74, 6) is -1.41. The van der Waals surface area contributed by atoms with Gasteiger partial charge in [0.1, 0.15) is 41.3 Å². The molecule has 1 aliphatic heterocycles. The molecule has 3 rings (SSSR count). The highest BCUT2D eigenvalue weighted by Crippen LogP contribution is 2.33. The van der Waals surface area contributed by atoms with Gasteiger partial charge < -0.3 is 15.2 Å². The largest absolute Gasteiger partial charge is 0.491 e. The summed E-state index contributed by atoms with van der Waals surface area (Å²) in [6.45, 7) is -1.34. The number of amides is 1. The predicted molar refractivity (Wildman–Crippen MR) is 110 cm³/mol. The maximum atomic E-state index is 13.8. The second-order valence-electron chi connectivity index (χ2n) is 6.88. The number of nitrogens with zero attached hydrogens (tertiary/aromatic N) is 2. The third kappa shape index (κ3) is 4.92. The lowest BCUT2D eigenvalue weighted by Gasteiger charge is -2.48. The Balaban J connectivity index is 1.78. The third-order valence-corrected chi connectivity index (χ3v) is 7.10. The van der Waals surface area contributed by atoms with Crippen LogP contribution in [0.3, 0.4) is 0 Å². The number of carbonyl (C=O) groups excluding carboxylic acids is 1. The maximum Gasteiger partial charge on any atom is 0.246 e. The first-order valence-corrected chi connectivity index (χ1v) is 11.0. The van der Waals surface area contributed by atoms with E-state index in [4.69, 9.17) is 38.3 Å². The zero-order valence-electron chi connectivity index (χ0n) is 15.8. The molecule has 1 fully saturated rings. The highest BCUT2D eigenvalue weighted by Gasteiger charge is 2.50. The van der Waals surface area contributed by atoms with Crippen molar-refractivity contribution in [2.45, 2.75) is 10.4 Å². The molecule has 1 aliphatic rings. The fraction of sp³-hybridized carbons (Fsp3) is 0.263. The average Bonchev–Trinajstić information content (AvgIpc) is 2.68. The molecule has 0 unspecified atom stereocenters. The number of benzene rings is 2. The van der Waals surface area contributed by atoms with Gasteiger partial charge in [0.25, 0.3) is 0 Å². The Morgan fingerprint density at radius 1 is 1.29 bits per heavy atom. The minimum absolute atomic E-state index is 0.0475. The molecule has 0 aromatic heterocycles. The van der Waals surface area contributed by atoms with Crippen LogP contribution >= 0.6 is 23.2 Å². The van der Waals surface area contributed by atoms with E-state index in [0.29, 0.717) is 0 Å². The van der Waals surface area contributed by atoms with Crippen LogP contribution in [0.2, 0.25) is 10.0 Å². The van der Waals surface area contributed by atoms with Gasteiger partial charge >= 0.3 is 0 Å². The zero-order chi connectivity index (χ0) is 22.8. The molecule has 0 atom stereocenters. The smallest absolute Gasteiger partial charge is 0.246 e. The molecule has 0 bridgehead atoms. The summed E-state index contributed by atoms with van der Waals surface area (Å²) in [5, 5.41) is 20.6. The molecule has 0 radical (unpaired) electrons. The normalized spacial score (nSPS) is 15.6. The van der Waals surface area contributed by atoms with Crippen molar-refractivity contribution >= 4 is 39.1 Å². The van der Waals surface area contributed by atoms with Gasteiger partial charge in [-0.25, -0.2) is 12.8 Å². The minimum atomic E-state index is -3.98. The molecule has 0 aliphatic carbocycles. The van der Waals surface area contributed by atoms with Crippen molar-refractivity contribution in [3.05, 3.63) is 57.8 Å². The van der Waals surface area contributed by atoms with Gasteiger partial charge in [-0.3, -0.25) is 4.79 Å². The van der Waals surface area contributed by atoms with E-state index in [1.165, 1.54) is 30.3 Å². The number of nitrogens with one attached hydrogen (secondary N) is 1.